The lowest BCUT2D eigenvalue weighted by Crippen LogP contribution is -2.51. The Balaban J connectivity index is 1.26. The molecule has 0 radical (unpaired) electrons. The Bertz CT molecular complexity index is 1190. The number of pyridine rings is 2. The fourth-order valence-corrected chi connectivity index (χ4v) is 5.56. The zero-order valence-electron chi connectivity index (χ0n) is 19.9. The Morgan fingerprint density at radius 1 is 1.18 bits per heavy atom. The number of nitrogens with two attached hydrogens (primary N) is 1. The number of rotatable bonds is 4. The van der Waals surface area contributed by atoms with Crippen molar-refractivity contribution >= 4 is 22.4 Å². The largest absolute Gasteiger partial charge is 0.384 e. The van der Waals surface area contributed by atoms with Crippen molar-refractivity contribution in [2.45, 2.75) is 44.8 Å². The number of piperidine rings is 1. The van der Waals surface area contributed by atoms with Crippen LogP contribution in [-0.4, -0.2) is 59.8 Å². The first-order chi connectivity index (χ1) is 16.5. The molecule has 0 unspecified atom stereocenters. The summed E-state index contributed by atoms with van der Waals surface area (Å²) in [6, 6.07) is 14.4. The number of aromatic nitrogens is 2. The first-order valence-electron chi connectivity index (χ1n) is 12.1. The van der Waals surface area contributed by atoms with E-state index in [1.54, 1.807) is 6.20 Å². The fraction of sp³-hybridized carbons (Fsp3) is 0.444. The van der Waals surface area contributed by atoms with Gasteiger partial charge < -0.3 is 20.3 Å². The van der Waals surface area contributed by atoms with E-state index in [4.69, 9.17) is 10.5 Å². The minimum absolute atomic E-state index is 0.140. The van der Waals surface area contributed by atoms with E-state index in [-0.39, 0.29) is 12.2 Å². The summed E-state index contributed by atoms with van der Waals surface area (Å²) < 4.78 is 6.36. The van der Waals surface area contributed by atoms with Gasteiger partial charge in [0.25, 0.3) is 0 Å². The average Bonchev–Trinajstić information content (AvgIpc) is 2.83. The third-order valence-corrected chi connectivity index (χ3v) is 7.05. The van der Waals surface area contributed by atoms with E-state index < -0.39 is 0 Å². The Morgan fingerprint density at radius 2 is 2.00 bits per heavy atom. The van der Waals surface area contributed by atoms with Crippen molar-refractivity contribution in [3.8, 4) is 6.07 Å². The van der Waals surface area contributed by atoms with Crippen LogP contribution in [-0.2, 0) is 4.74 Å². The quantitative estimate of drug-likeness (QED) is 0.637. The molecular weight excluding hydrogens is 424 g/mol. The minimum Gasteiger partial charge on any atom is -0.384 e. The number of morpholine rings is 1. The second-order valence-corrected chi connectivity index (χ2v) is 9.66. The highest BCUT2D eigenvalue weighted by Gasteiger charge is 2.30. The maximum Gasteiger partial charge on any atom is 0.123 e. The van der Waals surface area contributed by atoms with Gasteiger partial charge in [0, 0.05) is 42.6 Å². The van der Waals surface area contributed by atoms with Crippen molar-refractivity contribution in [3.05, 3.63) is 59.4 Å². The van der Waals surface area contributed by atoms with Crippen LogP contribution >= 0.6 is 0 Å². The number of ether oxygens (including phenoxy) is 1. The highest BCUT2D eigenvalue weighted by atomic mass is 16.5. The van der Waals surface area contributed by atoms with E-state index in [9.17, 15) is 5.26 Å². The Labute approximate surface area is 201 Å². The Morgan fingerprint density at radius 3 is 2.76 bits per heavy atom. The zero-order valence-corrected chi connectivity index (χ0v) is 19.9. The summed E-state index contributed by atoms with van der Waals surface area (Å²) >= 11 is 0. The predicted octanol–water partition coefficient (Wildman–Crippen LogP) is 3.87. The molecule has 0 aliphatic carbocycles. The average molecular weight is 457 g/mol. The number of nitrogen functional groups attached to an aromatic ring is 1. The number of nitriles is 1. The lowest BCUT2D eigenvalue weighted by Gasteiger charge is -2.41. The van der Waals surface area contributed by atoms with Crippen LogP contribution in [0.2, 0.25) is 0 Å². The van der Waals surface area contributed by atoms with Gasteiger partial charge in [-0.05, 0) is 87.7 Å². The van der Waals surface area contributed by atoms with Gasteiger partial charge >= 0.3 is 0 Å². The van der Waals surface area contributed by atoms with E-state index >= 15 is 0 Å². The molecule has 0 amide bonds. The summed E-state index contributed by atoms with van der Waals surface area (Å²) in [7, 11) is 0. The van der Waals surface area contributed by atoms with Gasteiger partial charge in [-0.2, -0.15) is 5.26 Å². The van der Waals surface area contributed by atoms with Gasteiger partial charge in [-0.15, -0.1) is 0 Å². The maximum atomic E-state index is 9.48. The molecule has 5 rings (SSSR count). The van der Waals surface area contributed by atoms with Crippen molar-refractivity contribution < 1.29 is 4.74 Å². The summed E-state index contributed by atoms with van der Waals surface area (Å²) in [5.41, 5.74) is 10.8. The van der Waals surface area contributed by atoms with Gasteiger partial charge in [0.2, 0.25) is 0 Å². The van der Waals surface area contributed by atoms with E-state index in [1.807, 2.05) is 25.1 Å². The Hall–Kier alpha value is -3.21. The third kappa shape index (κ3) is 4.70. The fourth-order valence-electron chi connectivity index (χ4n) is 5.56. The standard InChI is InChI=1S/C27H32N6O/c1-18-12-22(13-26(29)31-18)20-7-10-32(11-8-20)16-23-17-33(15-19(2)34-23)25-6-5-21(14-28)27-24(25)4-3-9-30-27/h3-6,9,12-13,19-20,23H,7-8,10-11,15-17H2,1-2H3,(H2,29,31)/t19-,23+/m1/s1. The minimum atomic E-state index is 0.140. The topological polar surface area (TPSA) is 91.3 Å². The summed E-state index contributed by atoms with van der Waals surface area (Å²) in [6.07, 6.45) is 4.28. The SMILES string of the molecule is Cc1cc(C2CCN(C[C@H]3CN(c4ccc(C#N)c5ncccc45)C[C@@H](C)O3)CC2)cc(N)n1. The number of benzene rings is 1. The van der Waals surface area contributed by atoms with Crippen molar-refractivity contribution in [3.63, 3.8) is 0 Å². The van der Waals surface area contributed by atoms with E-state index in [0.717, 1.165) is 67.8 Å². The van der Waals surface area contributed by atoms with Crippen molar-refractivity contribution in [2.24, 2.45) is 0 Å². The van der Waals surface area contributed by atoms with Gasteiger partial charge in [0.1, 0.15) is 11.9 Å². The first kappa shape index (κ1) is 22.6. The molecule has 7 heteroatoms. The molecule has 176 valence electrons. The van der Waals surface area contributed by atoms with Crippen LogP contribution in [0.1, 0.15) is 42.5 Å². The van der Waals surface area contributed by atoms with E-state index in [1.165, 1.54) is 5.56 Å². The smallest absolute Gasteiger partial charge is 0.123 e. The molecule has 2 aromatic heterocycles. The van der Waals surface area contributed by atoms with Crippen molar-refractivity contribution in [2.75, 3.05) is 43.4 Å². The molecule has 3 aromatic rings. The molecule has 2 fully saturated rings. The van der Waals surface area contributed by atoms with Crippen LogP contribution in [0.25, 0.3) is 10.9 Å². The summed E-state index contributed by atoms with van der Waals surface area (Å²) in [5.74, 6) is 1.16. The van der Waals surface area contributed by atoms with Gasteiger partial charge in [0.15, 0.2) is 0 Å². The number of fused-ring (bicyclic) bond motifs is 1. The number of nitrogens with zero attached hydrogens (tertiary/aromatic N) is 5. The summed E-state index contributed by atoms with van der Waals surface area (Å²) in [4.78, 5) is 13.7. The number of hydrogen-bond acceptors (Lipinski definition) is 7. The van der Waals surface area contributed by atoms with Crippen molar-refractivity contribution in [1.29, 1.82) is 5.26 Å². The molecule has 0 bridgehead atoms. The van der Waals surface area contributed by atoms with Crippen LogP contribution < -0.4 is 10.6 Å². The molecule has 0 saturated carbocycles. The highest BCUT2D eigenvalue weighted by Crippen LogP contribution is 2.32. The molecule has 2 saturated heterocycles. The molecule has 2 N–H and O–H groups in total. The normalized spacial score (nSPS) is 22.1. The summed E-state index contributed by atoms with van der Waals surface area (Å²) in [6.45, 7) is 8.87. The van der Waals surface area contributed by atoms with E-state index in [2.05, 4.69) is 51.0 Å². The van der Waals surface area contributed by atoms with Gasteiger partial charge in [-0.1, -0.05) is 0 Å². The molecule has 2 atom stereocenters. The van der Waals surface area contributed by atoms with Crippen molar-refractivity contribution in [1.82, 2.24) is 14.9 Å². The van der Waals surface area contributed by atoms with Crippen LogP contribution in [0, 0.1) is 18.3 Å². The van der Waals surface area contributed by atoms with Gasteiger partial charge in [0.05, 0.1) is 23.3 Å². The molecule has 1 aromatic carbocycles. The maximum absolute atomic E-state index is 9.48. The predicted molar refractivity (Wildman–Crippen MR) is 135 cm³/mol. The summed E-state index contributed by atoms with van der Waals surface area (Å²) in [5, 5.41) is 10.5. The van der Waals surface area contributed by atoms with E-state index in [0.29, 0.717) is 17.3 Å². The number of anilines is 2. The Kier molecular flexibility index (Phi) is 6.36. The van der Waals surface area contributed by atoms with Gasteiger partial charge in [-0.3, -0.25) is 4.98 Å². The first-order valence-corrected chi connectivity index (χ1v) is 12.1. The molecule has 4 heterocycles. The highest BCUT2D eigenvalue weighted by molar-refractivity contribution is 5.95. The van der Waals surface area contributed by atoms with Crippen LogP contribution in [0.5, 0.6) is 0 Å². The monoisotopic (exact) mass is 456 g/mol. The van der Waals surface area contributed by atoms with Crippen LogP contribution in [0.3, 0.4) is 0 Å². The number of hydrogen-bond donors (Lipinski definition) is 1. The lowest BCUT2D eigenvalue weighted by atomic mass is 9.89. The molecular formula is C27H32N6O. The van der Waals surface area contributed by atoms with Gasteiger partial charge in [-0.25, -0.2) is 4.98 Å². The molecule has 0 spiro atoms. The lowest BCUT2D eigenvalue weighted by molar-refractivity contribution is -0.0349. The third-order valence-electron chi connectivity index (χ3n) is 7.05. The second-order valence-electron chi connectivity index (χ2n) is 9.66. The molecule has 34 heavy (non-hydrogen) atoms. The van der Waals surface area contributed by atoms with Crippen LogP contribution in [0.4, 0.5) is 11.5 Å². The molecule has 2 aliphatic rings. The molecule has 7 nitrogen and oxygen atoms in total. The molecule has 2 aliphatic heterocycles. The number of likely N-dealkylation sites (tertiary alicyclic amines) is 1. The zero-order chi connectivity index (χ0) is 23.7. The second kappa shape index (κ2) is 9.57. The number of aryl methyl sites for hydroxylation is 1. The van der Waals surface area contributed by atoms with Crippen LogP contribution in [0.15, 0.2) is 42.6 Å².